The number of nitrogens with one attached hydrogen (secondary N) is 3. The first kappa shape index (κ1) is 23.8. The highest BCUT2D eigenvalue weighted by Gasteiger charge is 2.48. The first-order valence-electron chi connectivity index (χ1n) is 13.1. The minimum atomic E-state index is -0.821. The van der Waals surface area contributed by atoms with Gasteiger partial charge in [-0.25, -0.2) is 19.0 Å². The van der Waals surface area contributed by atoms with Gasteiger partial charge in [0.05, 0.1) is 6.04 Å². The first-order valence-corrected chi connectivity index (χ1v) is 13.1. The molecule has 1 aromatic heterocycles. The zero-order valence-corrected chi connectivity index (χ0v) is 20.6. The molecule has 192 valence electrons. The summed E-state index contributed by atoms with van der Waals surface area (Å²) < 4.78 is 27.0. The van der Waals surface area contributed by atoms with E-state index in [0.29, 0.717) is 24.4 Å². The predicted octanol–water partition coefficient (Wildman–Crippen LogP) is 3.27. The molecule has 4 heterocycles. The molecular weight excluding hydrogens is 462 g/mol. The van der Waals surface area contributed by atoms with Gasteiger partial charge in [-0.2, -0.15) is 0 Å². The number of hydrogen-bond acceptors (Lipinski definition) is 5. The summed E-state index contributed by atoms with van der Waals surface area (Å²) in [6.07, 6.45) is 5.79. The van der Waals surface area contributed by atoms with Crippen LogP contribution < -0.4 is 16.2 Å². The molecule has 0 spiro atoms. The van der Waals surface area contributed by atoms with Crippen LogP contribution in [0.4, 0.5) is 13.6 Å². The molecule has 3 saturated heterocycles. The summed E-state index contributed by atoms with van der Waals surface area (Å²) in [4.78, 5) is 21.8. The smallest absolute Gasteiger partial charge is 0.317 e. The highest BCUT2D eigenvalue weighted by atomic mass is 19.2. The Morgan fingerprint density at radius 3 is 2.78 bits per heavy atom. The van der Waals surface area contributed by atoms with Crippen LogP contribution in [-0.2, 0) is 6.54 Å². The summed E-state index contributed by atoms with van der Waals surface area (Å²) in [5.41, 5.74) is 10.0. The van der Waals surface area contributed by atoms with Crippen molar-refractivity contribution in [2.24, 2.45) is 11.8 Å². The second-order valence-electron chi connectivity index (χ2n) is 11.0. The third-order valence-corrected chi connectivity index (χ3v) is 8.61. The van der Waals surface area contributed by atoms with Crippen LogP contribution in [0.2, 0.25) is 0 Å². The molecular formula is C27H34F2N6O. The second kappa shape index (κ2) is 9.68. The summed E-state index contributed by atoms with van der Waals surface area (Å²) in [6.45, 7) is 4.99. The van der Waals surface area contributed by atoms with Crippen molar-refractivity contribution in [2.75, 3.05) is 19.6 Å². The minimum absolute atomic E-state index is 0.0293. The molecule has 1 aromatic carbocycles. The van der Waals surface area contributed by atoms with Gasteiger partial charge in [-0.05, 0) is 86.4 Å². The number of rotatable bonds is 4. The molecule has 1 saturated carbocycles. The number of aryl methyl sites for hydroxylation is 1. The van der Waals surface area contributed by atoms with Gasteiger partial charge in [0.15, 0.2) is 11.6 Å². The average Bonchev–Trinajstić information content (AvgIpc) is 3.27. The van der Waals surface area contributed by atoms with Crippen LogP contribution in [0.1, 0.15) is 48.5 Å². The van der Waals surface area contributed by atoms with Gasteiger partial charge in [0.25, 0.3) is 0 Å². The summed E-state index contributed by atoms with van der Waals surface area (Å²) >= 11 is 0. The lowest BCUT2D eigenvalue weighted by atomic mass is 9.71. The number of nitrogens with zero attached hydrogens (tertiary/aromatic N) is 3. The summed E-state index contributed by atoms with van der Waals surface area (Å²) in [7, 11) is 0. The number of piperidine rings is 1. The predicted molar refractivity (Wildman–Crippen MR) is 132 cm³/mol. The van der Waals surface area contributed by atoms with Crippen molar-refractivity contribution in [3.05, 3.63) is 65.0 Å². The quantitative estimate of drug-likeness (QED) is 0.606. The third-order valence-electron chi connectivity index (χ3n) is 8.61. The Labute approximate surface area is 210 Å². The zero-order chi connectivity index (χ0) is 24.8. The SMILES string of the molecule is Cc1cc(C2NNC3CC4NC(=O)N([C@@H]5CCCN(Cc6ccc(F)c(F)c6)C5)CC4CC32)ccn1. The van der Waals surface area contributed by atoms with E-state index >= 15 is 0 Å². The Kier molecular flexibility index (Phi) is 6.39. The van der Waals surface area contributed by atoms with E-state index in [0.717, 1.165) is 56.6 Å². The number of amides is 2. The first-order chi connectivity index (χ1) is 17.4. The standard InChI is InChI=1S/C27H34F2N6O/c1-16-9-18(6-7-30-16)26-21-11-19-14-35(27(36)31-24(19)12-25(21)32-33-26)20-3-2-8-34(15-20)13-17-4-5-22(28)23(29)10-17/h4-7,9-10,19-21,24-26,32-33H,2-3,8,11-15H2,1H3,(H,31,36)/t19?,20-,21?,24?,25?,26?/m1/s1. The molecule has 3 N–H and O–H groups in total. The maximum atomic E-state index is 13.7. The van der Waals surface area contributed by atoms with Gasteiger partial charge in [-0.1, -0.05) is 6.07 Å². The number of carbonyl (C=O) groups excluding carboxylic acids is 1. The lowest BCUT2D eigenvalue weighted by molar-refractivity contribution is 0.0523. The molecule has 36 heavy (non-hydrogen) atoms. The summed E-state index contributed by atoms with van der Waals surface area (Å²) in [6, 6.07) is 9.28. The maximum absolute atomic E-state index is 13.7. The number of likely N-dealkylation sites (tertiary alicyclic amines) is 1. The van der Waals surface area contributed by atoms with Crippen molar-refractivity contribution in [1.82, 2.24) is 31.0 Å². The molecule has 1 aliphatic carbocycles. The van der Waals surface area contributed by atoms with Gasteiger partial charge in [0.2, 0.25) is 0 Å². The molecule has 4 fully saturated rings. The molecule has 3 aliphatic heterocycles. The van der Waals surface area contributed by atoms with E-state index in [9.17, 15) is 13.6 Å². The molecule has 2 aromatic rings. The van der Waals surface area contributed by atoms with Crippen molar-refractivity contribution in [3.8, 4) is 0 Å². The van der Waals surface area contributed by atoms with Crippen LogP contribution in [-0.4, -0.2) is 58.6 Å². The fourth-order valence-electron chi connectivity index (χ4n) is 6.84. The largest absolute Gasteiger partial charge is 0.335 e. The van der Waals surface area contributed by atoms with Gasteiger partial charge in [-0.15, -0.1) is 0 Å². The Hall–Kier alpha value is -2.62. The molecule has 9 heteroatoms. The second-order valence-corrected chi connectivity index (χ2v) is 11.0. The van der Waals surface area contributed by atoms with Gasteiger partial charge < -0.3 is 10.2 Å². The highest BCUT2D eigenvalue weighted by molar-refractivity contribution is 5.76. The fraction of sp³-hybridized carbons (Fsp3) is 0.556. The number of carbonyl (C=O) groups is 1. The van der Waals surface area contributed by atoms with Crippen molar-refractivity contribution in [1.29, 1.82) is 0 Å². The van der Waals surface area contributed by atoms with Gasteiger partial charge in [0, 0.05) is 49.7 Å². The van der Waals surface area contributed by atoms with E-state index in [2.05, 4.69) is 38.2 Å². The molecule has 5 unspecified atom stereocenters. The lowest BCUT2D eigenvalue weighted by Crippen LogP contribution is -2.64. The van der Waals surface area contributed by atoms with Crippen LogP contribution in [0, 0.1) is 30.4 Å². The summed E-state index contributed by atoms with van der Waals surface area (Å²) in [5, 5.41) is 3.32. The fourth-order valence-corrected chi connectivity index (χ4v) is 6.84. The van der Waals surface area contributed by atoms with Gasteiger partial charge >= 0.3 is 6.03 Å². The van der Waals surface area contributed by atoms with Crippen LogP contribution in [0.25, 0.3) is 0 Å². The number of halogens is 2. The molecule has 6 atom stereocenters. The number of hydrazine groups is 1. The van der Waals surface area contributed by atoms with Crippen molar-refractivity contribution >= 4 is 6.03 Å². The van der Waals surface area contributed by atoms with Crippen molar-refractivity contribution in [3.63, 3.8) is 0 Å². The number of aromatic nitrogens is 1. The number of pyridine rings is 1. The average molecular weight is 497 g/mol. The van der Waals surface area contributed by atoms with Gasteiger partial charge in [-0.3, -0.25) is 15.3 Å². The van der Waals surface area contributed by atoms with Crippen molar-refractivity contribution < 1.29 is 13.6 Å². The summed E-state index contributed by atoms with van der Waals surface area (Å²) in [5.74, 6) is -0.772. The molecule has 2 amide bonds. The van der Waals surface area contributed by atoms with Gasteiger partial charge in [0.1, 0.15) is 0 Å². The van der Waals surface area contributed by atoms with E-state index in [1.165, 1.54) is 17.7 Å². The normalized spacial score (nSPS) is 32.6. The van der Waals surface area contributed by atoms with Crippen LogP contribution in [0.15, 0.2) is 36.5 Å². The Morgan fingerprint density at radius 1 is 1.06 bits per heavy atom. The molecule has 0 radical (unpaired) electrons. The third kappa shape index (κ3) is 4.60. The van der Waals surface area contributed by atoms with Crippen LogP contribution in [0.3, 0.4) is 0 Å². The van der Waals surface area contributed by atoms with E-state index in [-0.39, 0.29) is 24.2 Å². The van der Waals surface area contributed by atoms with E-state index < -0.39 is 11.6 Å². The highest BCUT2D eigenvalue weighted by Crippen LogP contribution is 2.42. The number of fused-ring (bicyclic) bond motifs is 2. The molecule has 4 aliphatic rings. The van der Waals surface area contributed by atoms with E-state index in [4.69, 9.17) is 0 Å². The Balaban J connectivity index is 1.12. The van der Waals surface area contributed by atoms with Crippen LogP contribution in [0.5, 0.6) is 0 Å². The monoisotopic (exact) mass is 496 g/mol. The topological polar surface area (TPSA) is 72.5 Å². The lowest BCUT2D eigenvalue weighted by Gasteiger charge is -2.49. The Morgan fingerprint density at radius 2 is 1.94 bits per heavy atom. The maximum Gasteiger partial charge on any atom is 0.317 e. The Bertz CT molecular complexity index is 1130. The minimum Gasteiger partial charge on any atom is -0.335 e. The van der Waals surface area contributed by atoms with Crippen molar-refractivity contribution in [2.45, 2.75) is 63.3 Å². The molecule has 6 rings (SSSR count). The number of urea groups is 1. The zero-order valence-electron chi connectivity index (χ0n) is 20.6. The number of benzene rings is 1. The molecule has 7 nitrogen and oxygen atoms in total. The number of hydrogen-bond donors (Lipinski definition) is 3. The van der Waals surface area contributed by atoms with E-state index in [1.807, 2.05) is 18.0 Å². The van der Waals surface area contributed by atoms with E-state index in [1.54, 1.807) is 6.07 Å². The molecule has 0 bridgehead atoms. The van der Waals surface area contributed by atoms with Crippen LogP contribution >= 0.6 is 0 Å².